The monoisotopic (exact) mass is 566 g/mol. The van der Waals surface area contributed by atoms with Crippen LogP contribution < -0.4 is 0 Å². The second-order valence-corrected chi connectivity index (χ2v) is 10.2. The topological polar surface area (TPSA) is 17.1 Å². The number of hydrogen-bond donors (Lipinski definition) is 0. The van der Waals surface area contributed by atoms with E-state index in [4.69, 9.17) is 0 Å². The van der Waals surface area contributed by atoms with Gasteiger partial charge in [0.1, 0.15) is 5.78 Å². The lowest BCUT2D eigenvalue weighted by molar-refractivity contribution is -0.117. The minimum absolute atomic E-state index is 0.197. The number of fused-ring (bicyclic) bond motifs is 6. The van der Waals surface area contributed by atoms with Crippen molar-refractivity contribution in [2.45, 2.75) is 12.8 Å². The summed E-state index contributed by atoms with van der Waals surface area (Å²) < 4.78 is 2.02. The Morgan fingerprint density at radius 2 is 0.706 bits per heavy atom. The van der Waals surface area contributed by atoms with E-state index in [2.05, 4.69) is 105 Å². The molecule has 0 heterocycles. The second-order valence-electron chi connectivity index (χ2n) is 8.66. The highest BCUT2D eigenvalue weighted by molar-refractivity contribution is 9.11. The van der Waals surface area contributed by atoms with Crippen LogP contribution in [-0.2, 0) is 17.6 Å². The highest BCUT2D eigenvalue weighted by atomic mass is 79.9. The second kappa shape index (κ2) is 8.65. The summed E-state index contributed by atoms with van der Waals surface area (Å²) in [4.78, 5) is 13.6. The van der Waals surface area contributed by atoms with Gasteiger partial charge >= 0.3 is 0 Å². The fraction of sp³-hybridized carbons (Fsp3) is 0.0645. The summed E-state index contributed by atoms with van der Waals surface area (Å²) in [5.74, 6) is 0.197. The SMILES string of the molecule is O=C(Cc1c(Br)c2ccccc2c2ccccc12)Cc1c(Br)c2ccccc2c2ccccc12. The van der Waals surface area contributed by atoms with Crippen molar-refractivity contribution in [3.63, 3.8) is 0 Å². The van der Waals surface area contributed by atoms with Crippen LogP contribution in [0.15, 0.2) is 106 Å². The highest BCUT2D eigenvalue weighted by Crippen LogP contribution is 2.39. The Morgan fingerprint density at radius 1 is 0.441 bits per heavy atom. The predicted octanol–water partition coefficient (Wildman–Crippen LogP) is 9.18. The molecule has 0 aromatic heterocycles. The van der Waals surface area contributed by atoms with Crippen molar-refractivity contribution in [3.05, 3.63) is 117 Å². The number of Topliss-reactive ketones (excluding diaryl/α,β-unsaturated/α-hetero) is 1. The van der Waals surface area contributed by atoms with E-state index in [0.29, 0.717) is 12.8 Å². The molecule has 34 heavy (non-hydrogen) atoms. The molecule has 0 saturated heterocycles. The molecule has 6 rings (SSSR count). The number of rotatable bonds is 4. The van der Waals surface area contributed by atoms with Crippen molar-refractivity contribution in [1.82, 2.24) is 0 Å². The first-order valence-corrected chi connectivity index (χ1v) is 12.9. The zero-order chi connectivity index (χ0) is 23.2. The van der Waals surface area contributed by atoms with Gasteiger partial charge in [0.25, 0.3) is 0 Å². The molecule has 0 bridgehead atoms. The van der Waals surface area contributed by atoms with Crippen LogP contribution in [0, 0.1) is 0 Å². The minimum Gasteiger partial charge on any atom is -0.299 e. The van der Waals surface area contributed by atoms with E-state index in [1.165, 1.54) is 21.5 Å². The number of halogens is 2. The van der Waals surface area contributed by atoms with Gasteiger partial charge in [-0.2, -0.15) is 0 Å². The Balaban J connectivity index is 1.48. The maximum atomic E-state index is 13.6. The number of ketones is 1. The summed E-state index contributed by atoms with van der Waals surface area (Å²) in [5, 5.41) is 9.30. The van der Waals surface area contributed by atoms with Crippen molar-refractivity contribution >= 4 is 80.7 Å². The van der Waals surface area contributed by atoms with Crippen LogP contribution in [0.1, 0.15) is 11.1 Å². The lowest BCUT2D eigenvalue weighted by atomic mass is 9.91. The van der Waals surface area contributed by atoms with Gasteiger partial charge in [-0.1, -0.05) is 97.1 Å². The van der Waals surface area contributed by atoms with Gasteiger partial charge in [0.05, 0.1) is 0 Å². The van der Waals surface area contributed by atoms with Crippen molar-refractivity contribution in [2.24, 2.45) is 0 Å². The van der Waals surface area contributed by atoms with Crippen LogP contribution in [-0.4, -0.2) is 5.78 Å². The molecule has 6 aromatic carbocycles. The van der Waals surface area contributed by atoms with E-state index in [-0.39, 0.29) is 5.78 Å². The zero-order valence-electron chi connectivity index (χ0n) is 18.3. The van der Waals surface area contributed by atoms with Crippen LogP contribution >= 0.6 is 31.9 Å². The summed E-state index contributed by atoms with van der Waals surface area (Å²) in [6.07, 6.45) is 0.749. The Kier molecular flexibility index (Phi) is 5.47. The van der Waals surface area contributed by atoms with Crippen LogP contribution in [0.25, 0.3) is 43.1 Å². The van der Waals surface area contributed by atoms with Gasteiger partial charge in [0.15, 0.2) is 0 Å². The molecular weight excluding hydrogens is 548 g/mol. The standard InChI is InChI=1S/C31H20Br2O/c32-30-26-15-7-5-11-22(26)20-9-1-3-13-24(20)28(30)17-19(34)18-29-25-14-4-2-10-21(25)23-12-6-8-16-27(23)31(29)33/h1-16H,17-18H2. The fourth-order valence-electron chi connectivity index (χ4n) is 5.15. The molecule has 0 spiro atoms. The first-order chi connectivity index (χ1) is 16.6. The van der Waals surface area contributed by atoms with Crippen molar-refractivity contribution in [2.75, 3.05) is 0 Å². The lowest BCUT2D eigenvalue weighted by Crippen LogP contribution is -2.09. The van der Waals surface area contributed by atoms with Crippen LogP contribution in [0.3, 0.4) is 0 Å². The van der Waals surface area contributed by atoms with Gasteiger partial charge in [-0.05, 0) is 86.1 Å². The Hall–Kier alpha value is -3.01. The van der Waals surface area contributed by atoms with Crippen LogP contribution in [0.4, 0.5) is 0 Å². The molecule has 0 atom stereocenters. The lowest BCUT2D eigenvalue weighted by Gasteiger charge is -2.16. The van der Waals surface area contributed by atoms with Gasteiger partial charge < -0.3 is 0 Å². The summed E-state index contributed by atoms with van der Waals surface area (Å²) >= 11 is 7.68. The third kappa shape index (κ3) is 3.46. The van der Waals surface area contributed by atoms with E-state index in [1.54, 1.807) is 0 Å². The third-order valence-corrected chi connectivity index (χ3v) is 8.50. The van der Waals surface area contributed by atoms with E-state index in [0.717, 1.165) is 41.6 Å². The zero-order valence-corrected chi connectivity index (χ0v) is 21.5. The molecule has 0 aliphatic rings. The molecule has 0 aliphatic carbocycles. The number of hydrogen-bond acceptors (Lipinski definition) is 1. The molecule has 0 aliphatic heterocycles. The first kappa shape index (κ1) is 21.5. The van der Waals surface area contributed by atoms with Crippen molar-refractivity contribution in [3.8, 4) is 0 Å². The summed E-state index contributed by atoms with van der Waals surface area (Å²) in [6.45, 7) is 0. The number of carbonyl (C=O) groups is 1. The Labute approximate surface area is 214 Å². The Bertz CT molecular complexity index is 1620. The van der Waals surface area contributed by atoms with Gasteiger partial charge in [0.2, 0.25) is 0 Å². The van der Waals surface area contributed by atoms with E-state index in [1.807, 2.05) is 24.3 Å². The summed E-state index contributed by atoms with van der Waals surface area (Å²) in [7, 11) is 0. The predicted molar refractivity (Wildman–Crippen MR) is 151 cm³/mol. The summed E-state index contributed by atoms with van der Waals surface area (Å²) in [6, 6.07) is 33.5. The molecule has 3 heteroatoms. The maximum Gasteiger partial charge on any atom is 0.141 e. The number of benzene rings is 6. The molecular formula is C31H20Br2O. The fourth-order valence-corrected chi connectivity index (χ4v) is 6.54. The van der Waals surface area contributed by atoms with Crippen LogP contribution in [0.2, 0.25) is 0 Å². The third-order valence-electron chi connectivity index (χ3n) is 6.69. The largest absolute Gasteiger partial charge is 0.299 e. The van der Waals surface area contributed by atoms with Crippen LogP contribution in [0.5, 0.6) is 0 Å². The normalized spacial score (nSPS) is 11.6. The molecule has 6 aromatic rings. The Morgan fingerprint density at radius 3 is 1.06 bits per heavy atom. The quantitative estimate of drug-likeness (QED) is 0.194. The molecule has 0 amide bonds. The van der Waals surface area contributed by atoms with E-state index in [9.17, 15) is 4.79 Å². The molecule has 0 saturated carbocycles. The van der Waals surface area contributed by atoms with E-state index >= 15 is 0 Å². The van der Waals surface area contributed by atoms with Gasteiger partial charge in [-0.15, -0.1) is 0 Å². The average molecular weight is 568 g/mol. The first-order valence-electron chi connectivity index (χ1n) is 11.3. The molecule has 1 nitrogen and oxygen atoms in total. The highest BCUT2D eigenvalue weighted by Gasteiger charge is 2.19. The van der Waals surface area contributed by atoms with Crippen molar-refractivity contribution < 1.29 is 4.79 Å². The maximum absolute atomic E-state index is 13.6. The average Bonchev–Trinajstić information content (AvgIpc) is 2.89. The molecule has 0 unspecified atom stereocenters. The molecule has 0 fully saturated rings. The van der Waals surface area contributed by atoms with Gasteiger partial charge in [0, 0.05) is 21.8 Å². The van der Waals surface area contributed by atoms with Gasteiger partial charge in [-0.25, -0.2) is 0 Å². The minimum atomic E-state index is 0.197. The van der Waals surface area contributed by atoms with E-state index < -0.39 is 0 Å². The molecule has 0 N–H and O–H groups in total. The number of carbonyl (C=O) groups excluding carboxylic acids is 1. The molecule has 0 radical (unpaired) electrons. The van der Waals surface area contributed by atoms with Gasteiger partial charge in [-0.3, -0.25) is 4.79 Å². The summed E-state index contributed by atoms with van der Waals surface area (Å²) in [5.41, 5.74) is 2.11. The van der Waals surface area contributed by atoms with Crippen molar-refractivity contribution in [1.29, 1.82) is 0 Å². The smallest absolute Gasteiger partial charge is 0.141 e. The molecule has 164 valence electrons.